The monoisotopic (exact) mass is 528 g/mol. The minimum absolute atomic E-state index is 0. The highest BCUT2D eigenvalue weighted by molar-refractivity contribution is 14.0. The Kier molecular flexibility index (Phi) is 15.5. The van der Waals surface area contributed by atoms with Gasteiger partial charge < -0.3 is 30.2 Å². The van der Waals surface area contributed by atoms with E-state index in [0.717, 1.165) is 64.6 Å². The second-order valence-electron chi connectivity index (χ2n) is 8.17. The molecule has 172 valence electrons. The van der Waals surface area contributed by atoms with Crippen LogP contribution in [0.5, 0.6) is 0 Å². The van der Waals surface area contributed by atoms with Gasteiger partial charge in [-0.2, -0.15) is 0 Å². The van der Waals surface area contributed by atoms with E-state index in [1.165, 1.54) is 0 Å². The molecule has 0 radical (unpaired) electrons. The summed E-state index contributed by atoms with van der Waals surface area (Å²) in [7, 11) is 1.74. The second kappa shape index (κ2) is 16.0. The van der Waals surface area contributed by atoms with E-state index in [1.54, 1.807) is 7.05 Å². The molecule has 29 heavy (non-hydrogen) atoms. The molecule has 1 amide bonds. The number of nitrogens with one attached hydrogen (secondary N) is 3. The van der Waals surface area contributed by atoms with Crippen molar-refractivity contribution in [2.75, 3.05) is 46.6 Å². The van der Waals surface area contributed by atoms with Crippen LogP contribution in [-0.2, 0) is 14.2 Å². The van der Waals surface area contributed by atoms with Gasteiger partial charge in [0.1, 0.15) is 5.60 Å². The molecule has 0 aromatic carbocycles. The first-order valence-corrected chi connectivity index (χ1v) is 10.4. The first kappa shape index (κ1) is 28.2. The van der Waals surface area contributed by atoms with Crippen LogP contribution in [0.3, 0.4) is 0 Å². The summed E-state index contributed by atoms with van der Waals surface area (Å²) in [5, 5.41) is 9.47. The lowest BCUT2D eigenvalue weighted by Gasteiger charge is -2.24. The number of hydrogen-bond acceptors (Lipinski definition) is 5. The van der Waals surface area contributed by atoms with Crippen molar-refractivity contribution >= 4 is 36.0 Å². The largest absolute Gasteiger partial charge is 0.444 e. The fourth-order valence-electron chi connectivity index (χ4n) is 2.83. The smallest absolute Gasteiger partial charge is 0.407 e. The van der Waals surface area contributed by atoms with Crippen molar-refractivity contribution in [3.05, 3.63) is 0 Å². The minimum Gasteiger partial charge on any atom is -0.444 e. The van der Waals surface area contributed by atoms with E-state index in [4.69, 9.17) is 14.2 Å². The average molecular weight is 528 g/mol. The highest BCUT2D eigenvalue weighted by Gasteiger charge is 2.19. The number of carbonyl (C=O) groups excluding carboxylic acids is 1. The first-order chi connectivity index (χ1) is 13.3. The van der Waals surface area contributed by atoms with Gasteiger partial charge in [0.25, 0.3) is 0 Å². The lowest BCUT2D eigenvalue weighted by atomic mass is 10.1. The molecule has 0 saturated carbocycles. The Morgan fingerprint density at radius 1 is 1.31 bits per heavy atom. The molecule has 0 aromatic rings. The maximum absolute atomic E-state index is 12.0. The van der Waals surface area contributed by atoms with Gasteiger partial charge in [-0.1, -0.05) is 13.3 Å². The fraction of sp³-hybridized carbons (Fsp3) is 0.900. The number of ether oxygens (including phenoxy) is 3. The van der Waals surface area contributed by atoms with Gasteiger partial charge in [0.15, 0.2) is 5.96 Å². The predicted octanol–water partition coefficient (Wildman–Crippen LogP) is 2.91. The molecule has 8 nitrogen and oxygen atoms in total. The summed E-state index contributed by atoms with van der Waals surface area (Å²) in [4.78, 5) is 16.2. The van der Waals surface area contributed by atoms with Crippen molar-refractivity contribution in [2.24, 2.45) is 10.9 Å². The highest BCUT2D eigenvalue weighted by atomic mass is 127. The summed E-state index contributed by atoms with van der Waals surface area (Å²) >= 11 is 0. The van der Waals surface area contributed by atoms with Crippen molar-refractivity contribution in [3.8, 4) is 0 Å². The van der Waals surface area contributed by atoms with Crippen LogP contribution in [0, 0.1) is 5.92 Å². The average Bonchev–Trinajstić information content (AvgIpc) is 3.12. The third-order valence-electron chi connectivity index (χ3n) is 4.23. The van der Waals surface area contributed by atoms with E-state index in [1.807, 2.05) is 20.8 Å². The number of nitrogens with zero attached hydrogens (tertiary/aromatic N) is 1. The molecule has 1 heterocycles. The van der Waals surface area contributed by atoms with E-state index < -0.39 is 5.60 Å². The Labute approximate surface area is 193 Å². The minimum atomic E-state index is -0.501. The molecule has 3 N–H and O–H groups in total. The van der Waals surface area contributed by atoms with Crippen molar-refractivity contribution in [1.29, 1.82) is 0 Å². The summed E-state index contributed by atoms with van der Waals surface area (Å²) in [6, 6.07) is -0.0182. The maximum atomic E-state index is 12.0. The number of rotatable bonds is 11. The molecule has 2 atom stereocenters. The van der Waals surface area contributed by atoms with Crippen molar-refractivity contribution in [3.63, 3.8) is 0 Å². The van der Waals surface area contributed by atoms with Crippen molar-refractivity contribution in [1.82, 2.24) is 16.0 Å². The van der Waals surface area contributed by atoms with Gasteiger partial charge in [-0.25, -0.2) is 4.79 Å². The SMILES string of the molecule is CCCC(CNC(=NC)NCCCOCC1CCOC1)NC(=O)OC(C)(C)C.I. The Morgan fingerprint density at radius 3 is 2.66 bits per heavy atom. The molecular weight excluding hydrogens is 487 g/mol. The number of hydrogen-bond donors (Lipinski definition) is 3. The summed E-state index contributed by atoms with van der Waals surface area (Å²) in [5.41, 5.74) is -0.501. The molecule has 0 spiro atoms. The standard InChI is InChI=1S/C20H40N4O4.HI/c1-6-8-17(24-19(25)28-20(2,3)4)13-23-18(21-5)22-10-7-11-26-14-16-9-12-27-15-16;/h16-17H,6-15H2,1-5H3,(H,24,25)(H2,21,22,23);1H. The second-order valence-corrected chi connectivity index (χ2v) is 8.17. The number of amides is 1. The number of carbonyl (C=O) groups is 1. The lowest BCUT2D eigenvalue weighted by Crippen LogP contribution is -2.48. The van der Waals surface area contributed by atoms with Gasteiger partial charge in [0.05, 0.1) is 13.2 Å². The zero-order valence-electron chi connectivity index (χ0n) is 18.7. The molecule has 1 saturated heterocycles. The van der Waals surface area contributed by atoms with Crippen LogP contribution in [-0.4, -0.2) is 70.3 Å². The van der Waals surface area contributed by atoms with Gasteiger partial charge >= 0.3 is 6.09 Å². The Bertz CT molecular complexity index is 466. The molecule has 0 aromatic heterocycles. The van der Waals surface area contributed by atoms with Crippen LogP contribution in [0.15, 0.2) is 4.99 Å². The number of aliphatic imine (C=N–C) groups is 1. The van der Waals surface area contributed by atoms with Crippen LogP contribution >= 0.6 is 24.0 Å². The number of guanidine groups is 1. The molecule has 1 rings (SSSR count). The molecule has 1 aliphatic heterocycles. The summed E-state index contributed by atoms with van der Waals surface area (Å²) in [5.74, 6) is 1.27. The molecule has 0 bridgehead atoms. The van der Waals surface area contributed by atoms with Crippen molar-refractivity contribution < 1.29 is 19.0 Å². The molecule has 1 aliphatic rings. The van der Waals surface area contributed by atoms with Crippen LogP contribution < -0.4 is 16.0 Å². The zero-order valence-corrected chi connectivity index (χ0v) is 21.0. The first-order valence-electron chi connectivity index (χ1n) is 10.4. The van der Waals surface area contributed by atoms with Crippen LogP contribution in [0.4, 0.5) is 4.79 Å². The van der Waals surface area contributed by atoms with Crippen LogP contribution in [0.25, 0.3) is 0 Å². The Hall–Kier alpha value is -0.810. The molecule has 1 fully saturated rings. The molecule has 2 unspecified atom stereocenters. The predicted molar refractivity (Wildman–Crippen MR) is 127 cm³/mol. The van der Waals surface area contributed by atoms with Gasteiger partial charge in [-0.15, -0.1) is 24.0 Å². The fourth-order valence-corrected chi connectivity index (χ4v) is 2.83. The summed E-state index contributed by atoms with van der Waals surface area (Å²) in [6.07, 6.45) is 3.45. The van der Waals surface area contributed by atoms with E-state index in [9.17, 15) is 4.79 Å². The van der Waals surface area contributed by atoms with Gasteiger partial charge in [-0.05, 0) is 40.0 Å². The summed E-state index contributed by atoms with van der Waals surface area (Å²) in [6.45, 7) is 12.2. The van der Waals surface area contributed by atoms with E-state index >= 15 is 0 Å². The zero-order chi connectivity index (χ0) is 20.8. The molecule has 0 aliphatic carbocycles. The Morgan fingerprint density at radius 2 is 2.07 bits per heavy atom. The quantitative estimate of drug-likeness (QED) is 0.165. The van der Waals surface area contributed by atoms with Crippen molar-refractivity contribution in [2.45, 2.75) is 65.0 Å². The van der Waals surface area contributed by atoms with Crippen LogP contribution in [0.1, 0.15) is 53.4 Å². The van der Waals surface area contributed by atoms with E-state index in [0.29, 0.717) is 12.5 Å². The lowest BCUT2D eigenvalue weighted by molar-refractivity contribution is 0.0502. The van der Waals surface area contributed by atoms with E-state index in [-0.39, 0.29) is 36.1 Å². The Balaban J connectivity index is 0.00000784. The highest BCUT2D eigenvalue weighted by Crippen LogP contribution is 2.12. The third kappa shape index (κ3) is 14.8. The third-order valence-corrected chi connectivity index (χ3v) is 4.23. The molecule has 9 heteroatoms. The van der Waals surface area contributed by atoms with Gasteiger partial charge in [-0.3, -0.25) is 4.99 Å². The summed E-state index contributed by atoms with van der Waals surface area (Å²) < 4.78 is 16.4. The van der Waals surface area contributed by atoms with Gasteiger partial charge in [0.2, 0.25) is 0 Å². The topological polar surface area (TPSA) is 93.2 Å². The molecular formula is C20H41IN4O4. The normalized spacial score (nSPS) is 18.0. The van der Waals surface area contributed by atoms with E-state index in [2.05, 4.69) is 27.9 Å². The number of alkyl carbamates (subject to hydrolysis) is 1. The number of halogens is 1. The van der Waals surface area contributed by atoms with Gasteiger partial charge in [0, 0.05) is 45.3 Å². The maximum Gasteiger partial charge on any atom is 0.407 e. The van der Waals surface area contributed by atoms with Crippen LogP contribution in [0.2, 0.25) is 0 Å².